The van der Waals surface area contributed by atoms with E-state index in [0.29, 0.717) is 22.0 Å². The Labute approximate surface area is 153 Å². The third kappa shape index (κ3) is 3.70. The molecule has 0 radical (unpaired) electrons. The Morgan fingerprint density at radius 1 is 1.23 bits per heavy atom. The number of benzene rings is 2. The second-order valence-electron chi connectivity index (χ2n) is 5.44. The second kappa shape index (κ2) is 7.32. The number of nitrogens with one attached hydrogen (secondary N) is 1. The summed E-state index contributed by atoms with van der Waals surface area (Å²) < 4.78 is 5.01. The normalized spacial score (nSPS) is 10.4. The summed E-state index contributed by atoms with van der Waals surface area (Å²) in [5.74, 6) is 0.215. The first-order valence-corrected chi connectivity index (χ1v) is 8.52. The number of anilines is 2. The molecule has 1 N–H and O–H groups in total. The number of carbonyl (C=O) groups excluding carboxylic acids is 1. The Morgan fingerprint density at radius 3 is 2.58 bits per heavy atom. The van der Waals surface area contributed by atoms with Crippen molar-refractivity contribution < 1.29 is 14.5 Å². The number of hydrogen-bond acceptors (Lipinski definition) is 7. The van der Waals surface area contributed by atoms with Gasteiger partial charge in [0.15, 0.2) is 16.7 Å². The first kappa shape index (κ1) is 17.6. The van der Waals surface area contributed by atoms with Crippen LogP contribution >= 0.6 is 11.3 Å². The van der Waals surface area contributed by atoms with Gasteiger partial charge in [0.25, 0.3) is 0 Å². The van der Waals surface area contributed by atoms with E-state index in [-0.39, 0.29) is 17.2 Å². The lowest BCUT2D eigenvalue weighted by Crippen LogP contribution is -1.95. The van der Waals surface area contributed by atoms with Gasteiger partial charge in [-0.15, -0.1) is 11.3 Å². The van der Waals surface area contributed by atoms with Crippen molar-refractivity contribution in [2.24, 2.45) is 0 Å². The number of ether oxygens (including phenoxy) is 1. The third-order valence-corrected chi connectivity index (χ3v) is 4.48. The minimum atomic E-state index is -0.482. The molecule has 0 saturated heterocycles. The Balaban J connectivity index is 1.82. The third-order valence-electron chi connectivity index (χ3n) is 3.72. The minimum absolute atomic E-state index is 0.00850. The van der Waals surface area contributed by atoms with Gasteiger partial charge in [0.05, 0.1) is 17.7 Å². The number of methoxy groups -OCH3 is 1. The molecular formula is C18H15N3O4S. The smallest absolute Gasteiger partial charge is 0.311 e. The number of rotatable bonds is 6. The number of nitrogens with zero attached hydrogens (tertiary/aromatic N) is 2. The Bertz CT molecular complexity index is 967. The van der Waals surface area contributed by atoms with E-state index in [1.807, 2.05) is 5.38 Å². The van der Waals surface area contributed by atoms with Crippen molar-refractivity contribution in [3.05, 3.63) is 63.5 Å². The van der Waals surface area contributed by atoms with Crippen LogP contribution in [-0.2, 0) is 0 Å². The number of nitro benzene ring substituents is 1. The predicted molar refractivity (Wildman–Crippen MR) is 100 cm³/mol. The summed E-state index contributed by atoms with van der Waals surface area (Å²) in [5, 5.41) is 16.8. The van der Waals surface area contributed by atoms with Crippen LogP contribution in [0.1, 0.15) is 17.3 Å². The molecule has 1 aromatic heterocycles. The first-order chi connectivity index (χ1) is 12.5. The van der Waals surface area contributed by atoms with Crippen LogP contribution in [0.5, 0.6) is 5.75 Å². The van der Waals surface area contributed by atoms with Crippen molar-refractivity contribution in [1.82, 2.24) is 4.98 Å². The molecule has 8 heteroatoms. The van der Waals surface area contributed by atoms with Crippen molar-refractivity contribution >= 4 is 33.6 Å². The highest BCUT2D eigenvalue weighted by atomic mass is 32.1. The Kier molecular flexibility index (Phi) is 4.94. The lowest BCUT2D eigenvalue weighted by molar-refractivity contribution is -0.385. The quantitative estimate of drug-likeness (QED) is 0.385. The average molecular weight is 369 g/mol. The first-order valence-electron chi connectivity index (χ1n) is 7.64. The average Bonchev–Trinajstić information content (AvgIpc) is 3.10. The summed E-state index contributed by atoms with van der Waals surface area (Å²) in [4.78, 5) is 26.5. The molecule has 0 unspecified atom stereocenters. The number of Topliss-reactive ketones (excluding diaryl/α,β-unsaturated/α-hetero) is 1. The highest BCUT2D eigenvalue weighted by Gasteiger charge is 2.17. The van der Waals surface area contributed by atoms with E-state index in [9.17, 15) is 14.9 Å². The van der Waals surface area contributed by atoms with E-state index in [1.54, 1.807) is 36.4 Å². The van der Waals surface area contributed by atoms with Crippen LogP contribution in [0.3, 0.4) is 0 Å². The molecule has 0 aliphatic carbocycles. The van der Waals surface area contributed by atoms with E-state index in [0.717, 1.165) is 5.69 Å². The largest absolute Gasteiger partial charge is 0.490 e. The van der Waals surface area contributed by atoms with Crippen molar-refractivity contribution in [2.45, 2.75) is 6.92 Å². The van der Waals surface area contributed by atoms with E-state index in [1.165, 1.54) is 31.4 Å². The number of aromatic nitrogens is 1. The zero-order valence-electron chi connectivity index (χ0n) is 14.1. The van der Waals surface area contributed by atoms with Crippen LogP contribution in [0.2, 0.25) is 0 Å². The van der Waals surface area contributed by atoms with Crippen LogP contribution in [0, 0.1) is 10.1 Å². The van der Waals surface area contributed by atoms with Crippen molar-refractivity contribution in [2.75, 3.05) is 12.4 Å². The molecule has 3 rings (SSSR count). The number of hydrogen-bond donors (Lipinski definition) is 1. The van der Waals surface area contributed by atoms with E-state index in [4.69, 9.17) is 4.74 Å². The summed E-state index contributed by atoms with van der Waals surface area (Å²) in [5.41, 5.74) is 2.60. The van der Waals surface area contributed by atoms with Gasteiger partial charge in [0.2, 0.25) is 0 Å². The van der Waals surface area contributed by atoms with Gasteiger partial charge < -0.3 is 10.1 Å². The van der Waals surface area contributed by atoms with Gasteiger partial charge in [-0.2, -0.15) is 0 Å². The molecule has 0 fully saturated rings. The van der Waals surface area contributed by atoms with Gasteiger partial charge in [-0.05, 0) is 43.3 Å². The lowest BCUT2D eigenvalue weighted by atomic mass is 10.1. The fourth-order valence-electron chi connectivity index (χ4n) is 2.37. The maximum Gasteiger partial charge on any atom is 0.311 e. The number of ketones is 1. The standard InChI is InChI=1S/C18H15N3O4S/c1-11(22)12-3-6-14(7-4-12)19-18-20-15(10-26-18)13-5-8-17(25-2)16(9-13)21(23)24/h3-10H,1-2H3,(H,19,20). The Morgan fingerprint density at radius 2 is 1.96 bits per heavy atom. The van der Waals surface area contributed by atoms with E-state index < -0.39 is 4.92 Å². The maximum atomic E-state index is 11.3. The van der Waals surface area contributed by atoms with Crippen molar-refractivity contribution in [3.8, 4) is 17.0 Å². The fraction of sp³-hybridized carbons (Fsp3) is 0.111. The van der Waals surface area contributed by atoms with Gasteiger partial charge in [-0.25, -0.2) is 4.98 Å². The molecule has 7 nitrogen and oxygen atoms in total. The van der Waals surface area contributed by atoms with E-state index in [2.05, 4.69) is 10.3 Å². The fourth-order valence-corrected chi connectivity index (χ4v) is 3.11. The van der Waals surface area contributed by atoms with Crippen LogP contribution < -0.4 is 10.1 Å². The highest BCUT2D eigenvalue weighted by Crippen LogP contribution is 2.33. The summed E-state index contributed by atoms with van der Waals surface area (Å²) in [7, 11) is 1.39. The van der Waals surface area contributed by atoms with Crippen LogP contribution in [0.25, 0.3) is 11.3 Å². The summed E-state index contributed by atoms with van der Waals surface area (Å²) in [6.07, 6.45) is 0. The molecule has 0 amide bonds. The molecule has 0 atom stereocenters. The molecule has 0 saturated carbocycles. The van der Waals surface area contributed by atoms with Gasteiger partial charge in [-0.3, -0.25) is 14.9 Å². The van der Waals surface area contributed by atoms with Crippen molar-refractivity contribution in [1.29, 1.82) is 0 Å². The minimum Gasteiger partial charge on any atom is -0.490 e. The summed E-state index contributed by atoms with van der Waals surface area (Å²) >= 11 is 1.38. The van der Waals surface area contributed by atoms with E-state index >= 15 is 0 Å². The topological polar surface area (TPSA) is 94.4 Å². The number of thiazole rings is 1. The monoisotopic (exact) mass is 369 g/mol. The number of carbonyl (C=O) groups is 1. The molecule has 1 heterocycles. The SMILES string of the molecule is COc1ccc(-c2csc(Nc3ccc(C(C)=O)cc3)n2)cc1[N+](=O)[O-]. The number of nitro groups is 1. The molecule has 0 aliphatic heterocycles. The molecule has 0 aliphatic rings. The van der Waals surface area contributed by atoms with Gasteiger partial charge in [0, 0.05) is 28.3 Å². The van der Waals surface area contributed by atoms with Gasteiger partial charge in [0.1, 0.15) is 0 Å². The predicted octanol–water partition coefficient (Wildman–Crippen LogP) is 4.67. The summed E-state index contributed by atoms with van der Waals surface area (Å²) in [6.45, 7) is 1.52. The van der Waals surface area contributed by atoms with Gasteiger partial charge >= 0.3 is 5.69 Å². The Hall–Kier alpha value is -3.26. The van der Waals surface area contributed by atoms with Crippen LogP contribution in [0.15, 0.2) is 47.8 Å². The zero-order chi connectivity index (χ0) is 18.7. The van der Waals surface area contributed by atoms with Crippen molar-refractivity contribution in [3.63, 3.8) is 0 Å². The lowest BCUT2D eigenvalue weighted by Gasteiger charge is -2.04. The van der Waals surface area contributed by atoms with Crippen LogP contribution in [0.4, 0.5) is 16.5 Å². The summed E-state index contributed by atoms with van der Waals surface area (Å²) in [6, 6.07) is 11.8. The molecule has 2 aromatic carbocycles. The molecular weight excluding hydrogens is 354 g/mol. The molecule has 26 heavy (non-hydrogen) atoms. The highest BCUT2D eigenvalue weighted by molar-refractivity contribution is 7.14. The zero-order valence-corrected chi connectivity index (χ0v) is 14.9. The molecule has 3 aromatic rings. The maximum absolute atomic E-state index is 11.3. The molecule has 0 bridgehead atoms. The molecule has 132 valence electrons. The second-order valence-corrected chi connectivity index (χ2v) is 6.30. The molecule has 0 spiro atoms. The van der Waals surface area contributed by atoms with Crippen LogP contribution in [-0.4, -0.2) is 22.8 Å². The van der Waals surface area contributed by atoms with Gasteiger partial charge in [-0.1, -0.05) is 0 Å².